The van der Waals surface area contributed by atoms with Crippen LogP contribution in [0.5, 0.6) is 0 Å². The third kappa shape index (κ3) is 2.46. The van der Waals surface area contributed by atoms with Gasteiger partial charge in [0.2, 0.25) is 0 Å². The van der Waals surface area contributed by atoms with Crippen LogP contribution in [0.2, 0.25) is 0 Å². The summed E-state index contributed by atoms with van der Waals surface area (Å²) in [6.07, 6.45) is 1.50. The monoisotopic (exact) mass is 269 g/mol. The van der Waals surface area contributed by atoms with Crippen molar-refractivity contribution in [1.82, 2.24) is 19.6 Å². The zero-order valence-electron chi connectivity index (χ0n) is 11.2. The van der Waals surface area contributed by atoms with Crippen LogP contribution < -0.4 is 5.32 Å². The van der Waals surface area contributed by atoms with Gasteiger partial charge in [0, 0.05) is 25.3 Å². The summed E-state index contributed by atoms with van der Waals surface area (Å²) in [4.78, 5) is 8.68. The van der Waals surface area contributed by atoms with Crippen molar-refractivity contribution in [3.05, 3.63) is 42.7 Å². The molecule has 102 valence electrons. The number of rotatable bonds is 5. The molecule has 1 N–H and O–H groups in total. The third-order valence-electron chi connectivity index (χ3n) is 2.93. The summed E-state index contributed by atoms with van der Waals surface area (Å²) >= 11 is 0. The minimum Gasteiger partial charge on any atom is -0.383 e. The zero-order valence-corrected chi connectivity index (χ0v) is 11.2. The molecule has 3 rings (SSSR count). The number of aromatic nitrogens is 4. The highest BCUT2D eigenvalue weighted by Gasteiger charge is 2.08. The van der Waals surface area contributed by atoms with Crippen molar-refractivity contribution in [3.63, 3.8) is 0 Å². The van der Waals surface area contributed by atoms with E-state index < -0.39 is 0 Å². The van der Waals surface area contributed by atoms with Gasteiger partial charge in [0.15, 0.2) is 0 Å². The largest absolute Gasteiger partial charge is 0.383 e. The molecule has 0 spiro atoms. The Hall–Kier alpha value is -2.47. The molecule has 2 heterocycles. The van der Waals surface area contributed by atoms with Crippen LogP contribution in [0.3, 0.4) is 0 Å². The first kappa shape index (κ1) is 12.6. The van der Waals surface area contributed by atoms with Crippen molar-refractivity contribution in [2.75, 3.05) is 25.6 Å². The molecule has 20 heavy (non-hydrogen) atoms. The summed E-state index contributed by atoms with van der Waals surface area (Å²) in [6, 6.07) is 12.0. The van der Waals surface area contributed by atoms with E-state index in [1.165, 1.54) is 6.33 Å². The lowest BCUT2D eigenvalue weighted by Crippen LogP contribution is -2.11. The average Bonchev–Trinajstić information content (AvgIpc) is 2.97. The molecule has 2 aromatic heterocycles. The van der Waals surface area contributed by atoms with Gasteiger partial charge in [0.25, 0.3) is 5.78 Å². The van der Waals surface area contributed by atoms with Crippen LogP contribution in [0.1, 0.15) is 0 Å². The van der Waals surface area contributed by atoms with Crippen molar-refractivity contribution < 1.29 is 4.74 Å². The third-order valence-corrected chi connectivity index (χ3v) is 2.93. The number of ether oxygens (including phenoxy) is 1. The van der Waals surface area contributed by atoms with E-state index in [0.29, 0.717) is 18.9 Å². The van der Waals surface area contributed by atoms with Crippen LogP contribution >= 0.6 is 0 Å². The van der Waals surface area contributed by atoms with E-state index in [1.54, 1.807) is 11.6 Å². The van der Waals surface area contributed by atoms with Crippen LogP contribution in [-0.2, 0) is 4.74 Å². The van der Waals surface area contributed by atoms with Gasteiger partial charge in [-0.3, -0.25) is 0 Å². The fourth-order valence-electron chi connectivity index (χ4n) is 1.98. The number of hydrogen-bond acceptors (Lipinski definition) is 5. The molecule has 0 unspecified atom stereocenters. The number of fused-ring (bicyclic) bond motifs is 1. The van der Waals surface area contributed by atoms with Gasteiger partial charge in [0.05, 0.1) is 12.3 Å². The number of hydrogen-bond donors (Lipinski definition) is 1. The molecular formula is C14H15N5O. The molecule has 0 saturated carbocycles. The molecular weight excluding hydrogens is 254 g/mol. The van der Waals surface area contributed by atoms with Crippen LogP contribution in [0.4, 0.5) is 5.82 Å². The molecule has 0 atom stereocenters. The smallest absolute Gasteiger partial charge is 0.254 e. The second-order valence-electron chi connectivity index (χ2n) is 4.28. The SMILES string of the molecule is COCCNc1cc(-c2ccccc2)nc2ncnn12. The first-order valence-electron chi connectivity index (χ1n) is 6.37. The average molecular weight is 269 g/mol. The maximum absolute atomic E-state index is 5.05. The Kier molecular flexibility index (Phi) is 3.56. The fourth-order valence-corrected chi connectivity index (χ4v) is 1.98. The Morgan fingerprint density at radius 3 is 2.90 bits per heavy atom. The van der Waals surface area contributed by atoms with Gasteiger partial charge in [0.1, 0.15) is 12.1 Å². The van der Waals surface area contributed by atoms with E-state index in [4.69, 9.17) is 4.74 Å². The molecule has 1 aromatic carbocycles. The molecule has 0 amide bonds. The molecule has 0 radical (unpaired) electrons. The molecule has 0 aliphatic heterocycles. The summed E-state index contributed by atoms with van der Waals surface area (Å²) in [7, 11) is 1.68. The van der Waals surface area contributed by atoms with E-state index in [9.17, 15) is 0 Å². The maximum atomic E-state index is 5.05. The van der Waals surface area contributed by atoms with Crippen LogP contribution in [0.15, 0.2) is 42.7 Å². The molecule has 0 aliphatic carbocycles. The second kappa shape index (κ2) is 5.66. The van der Waals surface area contributed by atoms with E-state index in [1.807, 2.05) is 36.4 Å². The Morgan fingerprint density at radius 1 is 1.25 bits per heavy atom. The summed E-state index contributed by atoms with van der Waals surface area (Å²) in [6.45, 7) is 1.32. The molecule has 0 fully saturated rings. The minimum absolute atomic E-state index is 0.575. The van der Waals surface area contributed by atoms with Gasteiger partial charge in [-0.05, 0) is 0 Å². The quantitative estimate of drug-likeness (QED) is 0.716. The number of nitrogens with zero attached hydrogens (tertiary/aromatic N) is 4. The van der Waals surface area contributed by atoms with E-state index >= 15 is 0 Å². The summed E-state index contributed by atoms with van der Waals surface area (Å²) in [5, 5.41) is 7.45. The summed E-state index contributed by atoms with van der Waals surface area (Å²) in [5.41, 5.74) is 1.92. The summed E-state index contributed by atoms with van der Waals surface area (Å²) < 4.78 is 6.73. The molecule has 6 heteroatoms. The van der Waals surface area contributed by atoms with Gasteiger partial charge in [-0.15, -0.1) is 0 Å². The lowest BCUT2D eigenvalue weighted by molar-refractivity contribution is 0.210. The predicted octanol–water partition coefficient (Wildman–Crippen LogP) is 1.85. The minimum atomic E-state index is 0.575. The first-order chi connectivity index (χ1) is 9.88. The topological polar surface area (TPSA) is 64.3 Å². The van der Waals surface area contributed by atoms with Crippen molar-refractivity contribution in [2.24, 2.45) is 0 Å². The number of methoxy groups -OCH3 is 1. The van der Waals surface area contributed by atoms with Crippen molar-refractivity contribution in [2.45, 2.75) is 0 Å². The normalized spacial score (nSPS) is 10.8. The Bertz CT molecular complexity index is 695. The van der Waals surface area contributed by atoms with E-state index in [-0.39, 0.29) is 0 Å². The molecule has 3 aromatic rings. The number of nitrogens with one attached hydrogen (secondary N) is 1. The second-order valence-corrected chi connectivity index (χ2v) is 4.28. The maximum Gasteiger partial charge on any atom is 0.254 e. The lowest BCUT2D eigenvalue weighted by Gasteiger charge is -2.09. The van der Waals surface area contributed by atoms with E-state index in [0.717, 1.165) is 17.1 Å². The number of anilines is 1. The first-order valence-corrected chi connectivity index (χ1v) is 6.37. The number of benzene rings is 1. The molecule has 0 aliphatic rings. The van der Waals surface area contributed by atoms with Crippen LogP contribution in [-0.4, -0.2) is 39.8 Å². The molecule has 0 bridgehead atoms. The van der Waals surface area contributed by atoms with Gasteiger partial charge in [-0.1, -0.05) is 30.3 Å². The highest BCUT2D eigenvalue weighted by atomic mass is 16.5. The highest BCUT2D eigenvalue weighted by molar-refractivity contribution is 5.65. The lowest BCUT2D eigenvalue weighted by atomic mass is 10.1. The van der Waals surface area contributed by atoms with E-state index in [2.05, 4.69) is 20.4 Å². The van der Waals surface area contributed by atoms with Gasteiger partial charge < -0.3 is 10.1 Å². The Morgan fingerprint density at radius 2 is 2.10 bits per heavy atom. The van der Waals surface area contributed by atoms with Gasteiger partial charge >= 0.3 is 0 Å². The van der Waals surface area contributed by atoms with Crippen LogP contribution in [0, 0.1) is 0 Å². The fraction of sp³-hybridized carbons (Fsp3) is 0.214. The van der Waals surface area contributed by atoms with Crippen molar-refractivity contribution in [1.29, 1.82) is 0 Å². The Labute approximate surface area is 116 Å². The zero-order chi connectivity index (χ0) is 13.8. The summed E-state index contributed by atoms with van der Waals surface area (Å²) in [5.74, 6) is 1.43. The van der Waals surface area contributed by atoms with Gasteiger partial charge in [-0.2, -0.15) is 14.6 Å². The van der Waals surface area contributed by atoms with Gasteiger partial charge in [-0.25, -0.2) is 4.98 Å². The predicted molar refractivity (Wildman–Crippen MR) is 76.6 cm³/mol. The Balaban J connectivity index is 2.01. The highest BCUT2D eigenvalue weighted by Crippen LogP contribution is 2.20. The molecule has 6 nitrogen and oxygen atoms in total. The van der Waals surface area contributed by atoms with Crippen molar-refractivity contribution >= 4 is 11.6 Å². The standard InChI is InChI=1S/C14H15N5O/c1-20-8-7-15-13-9-12(11-5-3-2-4-6-11)18-14-16-10-17-19(13)14/h2-6,9-10,15H,7-8H2,1H3. The van der Waals surface area contributed by atoms with Crippen LogP contribution in [0.25, 0.3) is 17.0 Å². The van der Waals surface area contributed by atoms with Crippen molar-refractivity contribution in [3.8, 4) is 11.3 Å². The molecule has 0 saturated heterocycles.